The summed E-state index contributed by atoms with van der Waals surface area (Å²) in [5.74, 6) is 2.43. The fraction of sp³-hybridized carbons (Fsp3) is 0.571. The van der Waals surface area contributed by atoms with Crippen LogP contribution in [-0.4, -0.2) is 18.3 Å². The fourth-order valence-corrected chi connectivity index (χ4v) is 3.50. The average Bonchev–Trinajstić information content (AvgIpc) is 2.35. The van der Waals surface area contributed by atoms with E-state index in [1.165, 1.54) is 11.1 Å². The van der Waals surface area contributed by atoms with Crippen molar-refractivity contribution in [3.63, 3.8) is 0 Å². The van der Waals surface area contributed by atoms with Gasteiger partial charge in [-0.05, 0) is 53.9 Å². The van der Waals surface area contributed by atoms with Crippen LogP contribution in [0.3, 0.4) is 0 Å². The highest BCUT2D eigenvalue weighted by atomic mass is 16.5. The summed E-state index contributed by atoms with van der Waals surface area (Å²) in [5, 5.41) is 9.91. The second-order valence-electron chi connectivity index (χ2n) is 5.14. The van der Waals surface area contributed by atoms with Crippen LogP contribution < -0.4 is 4.74 Å². The maximum Gasteiger partial charge on any atom is 0.119 e. The molecule has 0 spiro atoms. The Balaban J connectivity index is 1.98. The zero-order valence-electron chi connectivity index (χ0n) is 9.81. The molecule has 86 valence electrons. The van der Waals surface area contributed by atoms with E-state index in [4.69, 9.17) is 4.74 Å². The summed E-state index contributed by atoms with van der Waals surface area (Å²) < 4.78 is 5.26. The minimum absolute atomic E-state index is 0.0831. The van der Waals surface area contributed by atoms with Gasteiger partial charge in [-0.15, -0.1) is 0 Å². The van der Waals surface area contributed by atoms with E-state index in [2.05, 4.69) is 19.1 Å². The van der Waals surface area contributed by atoms with Crippen molar-refractivity contribution in [2.45, 2.75) is 31.8 Å². The SMILES string of the molecule is COc1ccc2c(c1)CCC1C(O)C(C)C21. The van der Waals surface area contributed by atoms with Gasteiger partial charge in [0, 0.05) is 0 Å². The third-order valence-corrected chi connectivity index (χ3v) is 4.46. The molecule has 2 aliphatic carbocycles. The van der Waals surface area contributed by atoms with E-state index >= 15 is 0 Å². The minimum atomic E-state index is -0.0831. The second-order valence-corrected chi connectivity index (χ2v) is 5.14. The molecule has 1 N–H and O–H groups in total. The predicted octanol–water partition coefficient (Wildman–Crippen LogP) is 2.35. The van der Waals surface area contributed by atoms with Crippen molar-refractivity contribution < 1.29 is 9.84 Å². The van der Waals surface area contributed by atoms with Crippen molar-refractivity contribution in [1.29, 1.82) is 0 Å². The van der Waals surface area contributed by atoms with Gasteiger partial charge in [0.25, 0.3) is 0 Å². The van der Waals surface area contributed by atoms with Gasteiger partial charge in [0.15, 0.2) is 0 Å². The van der Waals surface area contributed by atoms with Crippen LogP contribution in [0.1, 0.15) is 30.4 Å². The van der Waals surface area contributed by atoms with Gasteiger partial charge < -0.3 is 9.84 Å². The molecule has 3 rings (SSSR count). The molecule has 2 nitrogen and oxygen atoms in total. The van der Waals surface area contributed by atoms with Gasteiger partial charge in [-0.25, -0.2) is 0 Å². The van der Waals surface area contributed by atoms with Crippen LogP contribution in [0.15, 0.2) is 18.2 Å². The molecule has 0 saturated heterocycles. The Morgan fingerprint density at radius 1 is 1.38 bits per heavy atom. The Bertz CT molecular complexity index is 413. The summed E-state index contributed by atoms with van der Waals surface area (Å²) in [5.41, 5.74) is 2.86. The lowest BCUT2D eigenvalue weighted by molar-refractivity contribution is -0.0649. The van der Waals surface area contributed by atoms with E-state index in [0.717, 1.165) is 18.6 Å². The number of ether oxygens (including phenoxy) is 1. The van der Waals surface area contributed by atoms with Crippen molar-refractivity contribution in [3.8, 4) is 5.75 Å². The number of aryl methyl sites for hydroxylation is 1. The summed E-state index contributed by atoms with van der Waals surface area (Å²) in [6, 6.07) is 6.38. The van der Waals surface area contributed by atoms with Crippen LogP contribution in [0.4, 0.5) is 0 Å². The normalized spacial score (nSPS) is 35.9. The highest BCUT2D eigenvalue weighted by Gasteiger charge is 2.49. The van der Waals surface area contributed by atoms with Crippen LogP contribution in [0, 0.1) is 11.8 Å². The Morgan fingerprint density at radius 3 is 2.94 bits per heavy atom. The third kappa shape index (κ3) is 1.23. The number of methoxy groups -OCH3 is 1. The number of aliphatic hydroxyl groups is 1. The van der Waals surface area contributed by atoms with Crippen LogP contribution in [0.25, 0.3) is 0 Å². The predicted molar refractivity (Wildman–Crippen MR) is 62.7 cm³/mol. The Labute approximate surface area is 96.2 Å². The molecule has 0 radical (unpaired) electrons. The molecular weight excluding hydrogens is 200 g/mol. The molecule has 1 aromatic carbocycles. The van der Waals surface area contributed by atoms with Crippen LogP contribution >= 0.6 is 0 Å². The molecule has 0 aromatic heterocycles. The topological polar surface area (TPSA) is 29.5 Å². The molecule has 0 aliphatic heterocycles. The highest BCUT2D eigenvalue weighted by Crippen LogP contribution is 2.53. The third-order valence-electron chi connectivity index (χ3n) is 4.46. The van der Waals surface area contributed by atoms with Gasteiger partial charge >= 0.3 is 0 Å². The van der Waals surface area contributed by atoms with Crippen molar-refractivity contribution in [1.82, 2.24) is 0 Å². The Morgan fingerprint density at radius 2 is 2.19 bits per heavy atom. The molecule has 1 fully saturated rings. The maximum absolute atomic E-state index is 9.91. The van der Waals surface area contributed by atoms with Gasteiger partial charge in [-0.3, -0.25) is 0 Å². The summed E-state index contributed by atoms with van der Waals surface area (Å²) in [6.45, 7) is 2.16. The van der Waals surface area contributed by atoms with Crippen LogP contribution in [0.2, 0.25) is 0 Å². The molecule has 16 heavy (non-hydrogen) atoms. The molecular formula is C14H18O2. The first-order valence-corrected chi connectivity index (χ1v) is 6.07. The van der Waals surface area contributed by atoms with E-state index < -0.39 is 0 Å². The molecule has 2 aliphatic rings. The first-order chi connectivity index (χ1) is 7.72. The molecule has 1 saturated carbocycles. The van der Waals surface area contributed by atoms with E-state index in [9.17, 15) is 5.11 Å². The number of hydrogen-bond acceptors (Lipinski definition) is 2. The number of hydrogen-bond donors (Lipinski definition) is 1. The van der Waals surface area contributed by atoms with Crippen molar-refractivity contribution in [2.24, 2.45) is 11.8 Å². The molecule has 4 unspecified atom stereocenters. The molecule has 1 aromatic rings. The van der Waals surface area contributed by atoms with E-state index in [0.29, 0.717) is 17.8 Å². The monoisotopic (exact) mass is 218 g/mol. The molecule has 0 amide bonds. The quantitative estimate of drug-likeness (QED) is 0.784. The molecule has 0 heterocycles. The zero-order valence-corrected chi connectivity index (χ0v) is 9.81. The summed E-state index contributed by atoms with van der Waals surface area (Å²) in [4.78, 5) is 0. The van der Waals surface area contributed by atoms with Gasteiger partial charge in [0.1, 0.15) is 5.75 Å². The largest absolute Gasteiger partial charge is 0.497 e. The lowest BCUT2D eigenvalue weighted by Gasteiger charge is -2.51. The highest BCUT2D eigenvalue weighted by molar-refractivity contribution is 5.42. The fourth-order valence-electron chi connectivity index (χ4n) is 3.50. The maximum atomic E-state index is 9.91. The minimum Gasteiger partial charge on any atom is -0.497 e. The zero-order chi connectivity index (χ0) is 11.3. The van der Waals surface area contributed by atoms with Crippen molar-refractivity contribution in [3.05, 3.63) is 29.3 Å². The standard InChI is InChI=1S/C14H18O2/c1-8-13-11-6-4-10(16-2)7-9(11)3-5-12(13)14(8)15/h4,6-8,12-15H,3,5H2,1-2H3. The summed E-state index contributed by atoms with van der Waals surface area (Å²) >= 11 is 0. The van der Waals surface area contributed by atoms with E-state index in [1.807, 2.05) is 6.07 Å². The first-order valence-electron chi connectivity index (χ1n) is 6.07. The van der Waals surface area contributed by atoms with Crippen molar-refractivity contribution >= 4 is 0 Å². The van der Waals surface area contributed by atoms with E-state index in [-0.39, 0.29) is 6.10 Å². The molecule has 4 atom stereocenters. The Hall–Kier alpha value is -1.02. The number of fused-ring (bicyclic) bond motifs is 3. The summed E-state index contributed by atoms with van der Waals surface area (Å²) in [6.07, 6.45) is 2.12. The van der Waals surface area contributed by atoms with E-state index in [1.54, 1.807) is 7.11 Å². The summed E-state index contributed by atoms with van der Waals surface area (Å²) in [7, 11) is 1.71. The van der Waals surface area contributed by atoms with Gasteiger partial charge in [0.05, 0.1) is 13.2 Å². The number of rotatable bonds is 1. The lowest BCUT2D eigenvalue weighted by atomic mass is 9.55. The van der Waals surface area contributed by atoms with Gasteiger partial charge in [0.2, 0.25) is 0 Å². The first kappa shape index (κ1) is 10.2. The smallest absolute Gasteiger partial charge is 0.119 e. The Kier molecular flexibility index (Phi) is 2.21. The average molecular weight is 218 g/mol. The second kappa shape index (κ2) is 3.49. The number of benzene rings is 1. The van der Waals surface area contributed by atoms with Crippen LogP contribution in [-0.2, 0) is 6.42 Å². The van der Waals surface area contributed by atoms with Crippen molar-refractivity contribution in [2.75, 3.05) is 7.11 Å². The van der Waals surface area contributed by atoms with Gasteiger partial charge in [-0.1, -0.05) is 13.0 Å². The lowest BCUT2D eigenvalue weighted by Crippen LogP contribution is -2.50. The molecule has 2 heteroatoms. The van der Waals surface area contributed by atoms with Gasteiger partial charge in [-0.2, -0.15) is 0 Å². The molecule has 0 bridgehead atoms. The number of aliphatic hydroxyl groups excluding tert-OH is 1. The van der Waals surface area contributed by atoms with Crippen LogP contribution in [0.5, 0.6) is 5.75 Å².